The molecule has 0 heterocycles. The summed E-state index contributed by atoms with van der Waals surface area (Å²) in [6.07, 6.45) is 11.1. The normalized spacial score (nSPS) is 30.0. The first-order valence-corrected chi connectivity index (χ1v) is 6.83. The molecule has 16 heavy (non-hydrogen) atoms. The lowest BCUT2D eigenvalue weighted by Crippen LogP contribution is -2.26. The first-order valence-electron chi connectivity index (χ1n) is 6.83. The Kier molecular flexibility index (Phi) is 1.24. The number of rotatable bonds is 0. The molecule has 0 aromatic carbocycles. The second-order valence-electron chi connectivity index (χ2n) is 5.83. The van der Waals surface area contributed by atoms with Gasteiger partial charge < -0.3 is 0 Å². The molecule has 0 aromatic heterocycles. The van der Waals surface area contributed by atoms with E-state index < -0.39 is 0 Å². The van der Waals surface area contributed by atoms with Gasteiger partial charge in [-0.25, -0.2) is 0 Å². The molecule has 0 atom stereocenters. The largest absolute Gasteiger partial charge is 0.0407 e. The topological polar surface area (TPSA) is 0 Å². The van der Waals surface area contributed by atoms with Gasteiger partial charge in [0.05, 0.1) is 0 Å². The van der Waals surface area contributed by atoms with Crippen LogP contribution in [0.2, 0.25) is 0 Å². The van der Waals surface area contributed by atoms with E-state index >= 15 is 0 Å². The van der Waals surface area contributed by atoms with E-state index in [4.69, 9.17) is 0 Å². The van der Waals surface area contributed by atoms with Crippen molar-refractivity contribution in [1.82, 2.24) is 0 Å². The minimum atomic E-state index is 1.38. The van der Waals surface area contributed by atoms with Crippen molar-refractivity contribution in [3.63, 3.8) is 0 Å². The average molecular weight is 208 g/mol. The van der Waals surface area contributed by atoms with Crippen LogP contribution in [-0.2, 0) is 0 Å². The predicted molar refractivity (Wildman–Crippen MR) is 65.0 cm³/mol. The molecule has 0 saturated carbocycles. The van der Waals surface area contributed by atoms with Gasteiger partial charge in [0.25, 0.3) is 0 Å². The molecule has 0 heteroatoms. The predicted octanol–water partition coefficient (Wildman–Crippen LogP) is 4.36. The molecule has 0 saturated heterocycles. The van der Waals surface area contributed by atoms with Crippen LogP contribution >= 0.6 is 0 Å². The third-order valence-electron chi connectivity index (χ3n) is 5.41. The fourth-order valence-corrected chi connectivity index (χ4v) is 4.16. The van der Waals surface area contributed by atoms with E-state index in [9.17, 15) is 0 Å². The maximum atomic E-state index is 1.78. The lowest BCUT2D eigenvalue weighted by atomic mass is 9.60. The van der Waals surface area contributed by atoms with Crippen molar-refractivity contribution in [1.29, 1.82) is 0 Å². The molecule has 0 N–H and O–H groups in total. The lowest BCUT2D eigenvalue weighted by Gasteiger charge is -2.45. The molecule has 0 nitrogen and oxygen atoms in total. The van der Waals surface area contributed by atoms with Crippen LogP contribution in [0.4, 0.5) is 0 Å². The Labute approximate surface area is 96.4 Å². The maximum absolute atomic E-state index is 1.78. The van der Waals surface area contributed by atoms with E-state index in [1.54, 1.807) is 44.6 Å². The molecule has 80 valence electrons. The highest BCUT2D eigenvalue weighted by Crippen LogP contribution is 2.58. The summed E-state index contributed by atoms with van der Waals surface area (Å²) in [6.45, 7) is 0. The Morgan fingerprint density at radius 3 is 0.438 bits per heavy atom. The Balaban J connectivity index is 1.84. The van der Waals surface area contributed by atoms with Crippen LogP contribution in [0.5, 0.6) is 0 Å². The second-order valence-corrected chi connectivity index (χ2v) is 5.83. The van der Waals surface area contributed by atoms with Gasteiger partial charge in [-0.3, -0.25) is 0 Å². The van der Waals surface area contributed by atoms with Gasteiger partial charge >= 0.3 is 0 Å². The van der Waals surface area contributed by atoms with Crippen molar-refractivity contribution in [3.8, 4) is 0 Å². The number of fused-ring (bicyclic) bond motifs is 4. The summed E-state index contributed by atoms with van der Waals surface area (Å²) in [6, 6.07) is 0. The molecule has 5 rings (SSSR count). The fraction of sp³-hybridized carbons (Fsp3) is 0.500. The van der Waals surface area contributed by atoms with Crippen LogP contribution in [0.3, 0.4) is 0 Å². The van der Waals surface area contributed by atoms with E-state index in [0.717, 1.165) is 0 Å². The fourth-order valence-electron chi connectivity index (χ4n) is 4.16. The van der Waals surface area contributed by atoms with E-state index in [2.05, 4.69) is 0 Å². The highest BCUT2D eigenvalue weighted by atomic mass is 14.4. The minimum absolute atomic E-state index is 1.38. The lowest BCUT2D eigenvalue weighted by molar-refractivity contribution is 0.644. The summed E-state index contributed by atoms with van der Waals surface area (Å²) in [5, 5.41) is 0. The van der Waals surface area contributed by atoms with E-state index in [1.165, 1.54) is 51.4 Å². The Morgan fingerprint density at radius 1 is 0.250 bits per heavy atom. The summed E-state index contributed by atoms with van der Waals surface area (Å²) < 4.78 is 0. The molecule has 0 amide bonds. The van der Waals surface area contributed by atoms with Gasteiger partial charge in [-0.1, -0.05) is 0 Å². The molecule has 0 bridgehead atoms. The zero-order valence-corrected chi connectivity index (χ0v) is 9.66. The first kappa shape index (κ1) is 8.11. The highest BCUT2D eigenvalue weighted by molar-refractivity contribution is 5.69. The molecular formula is C16H16. The summed E-state index contributed by atoms with van der Waals surface area (Å²) >= 11 is 0. The van der Waals surface area contributed by atoms with Crippen LogP contribution in [0.25, 0.3) is 0 Å². The second kappa shape index (κ2) is 2.45. The van der Waals surface area contributed by atoms with Crippen LogP contribution in [0, 0.1) is 0 Å². The van der Waals surface area contributed by atoms with Crippen molar-refractivity contribution in [2.45, 2.75) is 51.4 Å². The first-order chi connectivity index (χ1) is 7.93. The van der Waals surface area contributed by atoms with E-state index in [1.807, 2.05) is 0 Å². The minimum Gasteiger partial charge on any atom is -0.0407 e. The van der Waals surface area contributed by atoms with E-state index in [0.29, 0.717) is 0 Å². The molecule has 5 aliphatic carbocycles. The van der Waals surface area contributed by atoms with Gasteiger partial charge in [-0.05, 0) is 96.0 Å². The molecule has 0 radical (unpaired) electrons. The van der Waals surface area contributed by atoms with Crippen molar-refractivity contribution in [2.24, 2.45) is 0 Å². The van der Waals surface area contributed by atoms with Crippen LogP contribution in [-0.4, -0.2) is 0 Å². The van der Waals surface area contributed by atoms with Gasteiger partial charge in [0, 0.05) is 0 Å². The molecule has 5 aliphatic rings. The standard InChI is InChI=1S/C16H16/c1-2-10-9(1)11-3-4-13(11)15-7-8-16(15)14-6-5-12(10)14/h1-8H2. The molecular weight excluding hydrogens is 192 g/mol. The third-order valence-corrected chi connectivity index (χ3v) is 5.41. The van der Waals surface area contributed by atoms with E-state index in [-0.39, 0.29) is 0 Å². The summed E-state index contributed by atoms with van der Waals surface area (Å²) in [4.78, 5) is 0. The highest BCUT2D eigenvalue weighted by Gasteiger charge is 2.39. The van der Waals surface area contributed by atoms with Crippen LogP contribution < -0.4 is 0 Å². The SMILES string of the molecule is C1CC2=C1C1=C(CC1)C1=C(CC1)C1=C2CC1. The number of allylic oxidation sites excluding steroid dienone is 8. The van der Waals surface area contributed by atoms with Gasteiger partial charge in [0.15, 0.2) is 0 Å². The molecule has 0 spiro atoms. The average Bonchev–Trinajstić information content (AvgIpc) is 2.17. The molecule has 0 aliphatic heterocycles. The zero-order chi connectivity index (χ0) is 10.3. The number of hydrogen-bond acceptors (Lipinski definition) is 0. The van der Waals surface area contributed by atoms with Crippen molar-refractivity contribution in [3.05, 3.63) is 44.6 Å². The van der Waals surface area contributed by atoms with Crippen LogP contribution in [0.1, 0.15) is 51.4 Å². The van der Waals surface area contributed by atoms with Gasteiger partial charge in [-0.15, -0.1) is 0 Å². The molecule has 0 aromatic rings. The molecule has 0 fully saturated rings. The van der Waals surface area contributed by atoms with Gasteiger partial charge in [0.1, 0.15) is 0 Å². The Bertz CT molecular complexity index is 387. The quantitative estimate of drug-likeness (QED) is 0.555. The van der Waals surface area contributed by atoms with Gasteiger partial charge in [-0.2, -0.15) is 0 Å². The van der Waals surface area contributed by atoms with Gasteiger partial charge in [0.2, 0.25) is 0 Å². The summed E-state index contributed by atoms with van der Waals surface area (Å²) in [5.41, 5.74) is 14.3. The maximum Gasteiger partial charge on any atom is -0.0232 e. The van der Waals surface area contributed by atoms with Crippen molar-refractivity contribution < 1.29 is 0 Å². The van der Waals surface area contributed by atoms with Crippen LogP contribution in [0.15, 0.2) is 44.6 Å². The number of hydrogen-bond donors (Lipinski definition) is 0. The van der Waals surface area contributed by atoms with Crippen molar-refractivity contribution in [2.75, 3.05) is 0 Å². The zero-order valence-electron chi connectivity index (χ0n) is 9.66. The van der Waals surface area contributed by atoms with Crippen molar-refractivity contribution >= 4 is 0 Å². The summed E-state index contributed by atoms with van der Waals surface area (Å²) in [7, 11) is 0. The monoisotopic (exact) mass is 208 g/mol. The Hall–Kier alpha value is -1.04. The smallest absolute Gasteiger partial charge is 0.0232 e. The third kappa shape index (κ3) is 0.714. The summed E-state index contributed by atoms with van der Waals surface area (Å²) in [5.74, 6) is 0. The Morgan fingerprint density at radius 2 is 0.375 bits per heavy atom. The molecule has 0 unspecified atom stereocenters.